The Bertz CT molecular complexity index is 929. The zero-order valence-corrected chi connectivity index (χ0v) is 18.3. The number of carbonyl (C=O) groups is 3. The summed E-state index contributed by atoms with van der Waals surface area (Å²) >= 11 is 0. The van der Waals surface area contributed by atoms with Crippen molar-refractivity contribution in [1.29, 1.82) is 0 Å². The van der Waals surface area contributed by atoms with Gasteiger partial charge in [-0.05, 0) is 37.5 Å². The van der Waals surface area contributed by atoms with Crippen molar-refractivity contribution in [3.8, 4) is 0 Å². The van der Waals surface area contributed by atoms with Crippen LogP contribution in [0.25, 0.3) is 0 Å². The number of nitrogens with one attached hydrogen (secondary N) is 2. The minimum atomic E-state index is -0.308. The highest BCUT2D eigenvalue weighted by molar-refractivity contribution is 6.04. The molecular weight excluding hydrogens is 392 g/mol. The van der Waals surface area contributed by atoms with Crippen LogP contribution in [0.5, 0.6) is 0 Å². The van der Waals surface area contributed by atoms with Gasteiger partial charge >= 0.3 is 6.03 Å². The first-order valence-electron chi connectivity index (χ1n) is 10.6. The van der Waals surface area contributed by atoms with Gasteiger partial charge in [-0.1, -0.05) is 42.5 Å². The van der Waals surface area contributed by atoms with Crippen LogP contribution in [-0.4, -0.2) is 54.8 Å². The van der Waals surface area contributed by atoms with Crippen molar-refractivity contribution in [3.63, 3.8) is 0 Å². The van der Waals surface area contributed by atoms with E-state index in [9.17, 15) is 14.4 Å². The third-order valence-electron chi connectivity index (χ3n) is 5.52. The Balaban J connectivity index is 1.68. The molecule has 0 radical (unpaired) electrons. The van der Waals surface area contributed by atoms with Gasteiger partial charge in [0.05, 0.1) is 23.2 Å². The number of carbonyl (C=O) groups excluding carboxylic acids is 3. The van der Waals surface area contributed by atoms with Crippen LogP contribution in [-0.2, 0) is 4.79 Å². The maximum Gasteiger partial charge on any atom is 0.319 e. The third kappa shape index (κ3) is 5.63. The largest absolute Gasteiger partial charge is 0.345 e. The highest BCUT2D eigenvalue weighted by Gasteiger charge is 2.29. The van der Waals surface area contributed by atoms with E-state index in [1.165, 1.54) is 4.90 Å². The molecule has 0 aliphatic carbocycles. The molecular formula is C24H30N4O3. The maximum absolute atomic E-state index is 12.9. The lowest BCUT2D eigenvalue weighted by molar-refractivity contribution is -0.121. The van der Waals surface area contributed by atoms with Crippen LogP contribution in [0.15, 0.2) is 54.6 Å². The monoisotopic (exact) mass is 422 g/mol. The SMILES string of the molecule is C[C@H](NC(=O)c1ccccc1NC(=O)[C@@H]1CCCN(C(=O)N(C)C)C1)c1ccccc1. The number of amides is 4. The summed E-state index contributed by atoms with van der Waals surface area (Å²) in [7, 11) is 3.41. The molecule has 2 atom stereocenters. The Morgan fingerprint density at radius 2 is 1.71 bits per heavy atom. The zero-order chi connectivity index (χ0) is 22.4. The normalized spacial score (nSPS) is 16.9. The Morgan fingerprint density at radius 3 is 2.42 bits per heavy atom. The van der Waals surface area contributed by atoms with Gasteiger partial charge in [0, 0.05) is 27.2 Å². The first kappa shape index (κ1) is 22.3. The molecule has 4 amide bonds. The van der Waals surface area contributed by atoms with Gasteiger partial charge in [0.1, 0.15) is 0 Å². The molecule has 0 aromatic heterocycles. The Kier molecular flexibility index (Phi) is 7.28. The molecule has 1 fully saturated rings. The summed E-state index contributed by atoms with van der Waals surface area (Å²) in [6.45, 7) is 2.95. The first-order valence-corrected chi connectivity index (χ1v) is 10.6. The highest BCUT2D eigenvalue weighted by Crippen LogP contribution is 2.22. The highest BCUT2D eigenvalue weighted by atomic mass is 16.2. The standard InChI is InChI=1S/C24H30N4O3/c1-17(18-10-5-4-6-11-18)25-23(30)20-13-7-8-14-21(20)26-22(29)19-12-9-15-28(16-19)24(31)27(2)3/h4-8,10-11,13-14,17,19H,9,12,15-16H2,1-3H3,(H,25,30)(H,26,29)/t17-,19+/m0/s1. The number of anilines is 1. The second kappa shape index (κ2) is 10.1. The van der Waals surface area contributed by atoms with Crippen molar-refractivity contribution >= 4 is 23.5 Å². The van der Waals surface area contributed by atoms with Gasteiger partial charge in [0.2, 0.25) is 5.91 Å². The van der Waals surface area contributed by atoms with E-state index in [1.807, 2.05) is 37.3 Å². The summed E-state index contributed by atoms with van der Waals surface area (Å²) in [6, 6.07) is 16.4. The van der Waals surface area contributed by atoms with Crippen molar-refractivity contribution in [2.24, 2.45) is 5.92 Å². The lowest BCUT2D eigenvalue weighted by Crippen LogP contribution is -2.47. The van der Waals surface area contributed by atoms with Crippen LogP contribution in [0.3, 0.4) is 0 Å². The lowest BCUT2D eigenvalue weighted by Gasteiger charge is -2.33. The van der Waals surface area contributed by atoms with Gasteiger partial charge in [-0.15, -0.1) is 0 Å². The number of piperidine rings is 1. The van der Waals surface area contributed by atoms with Crippen LogP contribution < -0.4 is 10.6 Å². The van der Waals surface area contributed by atoms with E-state index in [0.717, 1.165) is 12.0 Å². The molecule has 1 aliphatic heterocycles. The number of hydrogen-bond donors (Lipinski definition) is 2. The number of nitrogens with zero attached hydrogens (tertiary/aromatic N) is 2. The van der Waals surface area contributed by atoms with Crippen molar-refractivity contribution in [3.05, 3.63) is 65.7 Å². The van der Waals surface area contributed by atoms with Gasteiger partial charge in [-0.3, -0.25) is 9.59 Å². The molecule has 164 valence electrons. The Hall–Kier alpha value is -3.35. The fraction of sp³-hybridized carbons (Fsp3) is 0.375. The van der Waals surface area contributed by atoms with E-state index in [1.54, 1.807) is 43.3 Å². The van der Waals surface area contributed by atoms with Crippen LogP contribution in [0.1, 0.15) is 41.7 Å². The van der Waals surface area contributed by atoms with Crippen LogP contribution >= 0.6 is 0 Å². The topological polar surface area (TPSA) is 81.8 Å². The van der Waals surface area contributed by atoms with Crippen LogP contribution in [0.4, 0.5) is 10.5 Å². The van der Waals surface area contributed by atoms with E-state index in [0.29, 0.717) is 30.8 Å². The summed E-state index contributed by atoms with van der Waals surface area (Å²) in [5, 5.41) is 5.90. The molecule has 1 heterocycles. The van der Waals surface area contributed by atoms with E-state index in [4.69, 9.17) is 0 Å². The van der Waals surface area contributed by atoms with Gasteiger partial charge in [-0.25, -0.2) is 4.79 Å². The molecule has 0 bridgehead atoms. The van der Waals surface area contributed by atoms with Crippen molar-refractivity contribution < 1.29 is 14.4 Å². The molecule has 0 spiro atoms. The number of hydrogen-bond acceptors (Lipinski definition) is 3. The molecule has 2 aromatic rings. The van der Waals surface area contributed by atoms with E-state index >= 15 is 0 Å². The number of rotatable bonds is 5. The number of benzene rings is 2. The second-order valence-corrected chi connectivity index (χ2v) is 8.10. The molecule has 3 rings (SSSR count). The molecule has 1 saturated heterocycles. The molecule has 31 heavy (non-hydrogen) atoms. The number of likely N-dealkylation sites (tertiary alicyclic amines) is 1. The minimum absolute atomic E-state index is 0.0906. The molecule has 2 N–H and O–H groups in total. The fourth-order valence-electron chi connectivity index (χ4n) is 3.77. The number of para-hydroxylation sites is 1. The van der Waals surface area contributed by atoms with E-state index in [-0.39, 0.29) is 29.8 Å². The molecule has 7 heteroatoms. The summed E-state index contributed by atoms with van der Waals surface area (Å²) < 4.78 is 0. The van der Waals surface area contributed by atoms with Crippen LogP contribution in [0.2, 0.25) is 0 Å². The average Bonchev–Trinajstić information content (AvgIpc) is 2.79. The van der Waals surface area contributed by atoms with Crippen molar-refractivity contribution in [1.82, 2.24) is 15.1 Å². The first-order chi connectivity index (χ1) is 14.9. The molecule has 1 aliphatic rings. The van der Waals surface area contributed by atoms with Gasteiger partial charge in [-0.2, -0.15) is 0 Å². The van der Waals surface area contributed by atoms with E-state index in [2.05, 4.69) is 10.6 Å². The lowest BCUT2D eigenvalue weighted by atomic mass is 9.97. The Labute approximate surface area is 183 Å². The fourth-order valence-corrected chi connectivity index (χ4v) is 3.77. The predicted molar refractivity (Wildman–Crippen MR) is 121 cm³/mol. The smallest absolute Gasteiger partial charge is 0.319 e. The molecule has 7 nitrogen and oxygen atoms in total. The third-order valence-corrected chi connectivity index (χ3v) is 5.52. The van der Waals surface area contributed by atoms with Crippen molar-refractivity contribution in [2.75, 3.05) is 32.5 Å². The maximum atomic E-state index is 12.9. The molecule has 0 saturated carbocycles. The predicted octanol–water partition coefficient (Wildman–Crippen LogP) is 3.51. The number of urea groups is 1. The minimum Gasteiger partial charge on any atom is -0.345 e. The average molecular weight is 423 g/mol. The second-order valence-electron chi connectivity index (χ2n) is 8.10. The van der Waals surface area contributed by atoms with Crippen LogP contribution in [0, 0.1) is 5.92 Å². The molecule has 2 aromatic carbocycles. The summed E-state index contributed by atoms with van der Waals surface area (Å²) in [4.78, 5) is 41.3. The summed E-state index contributed by atoms with van der Waals surface area (Å²) in [6.07, 6.45) is 1.48. The zero-order valence-electron chi connectivity index (χ0n) is 18.3. The van der Waals surface area contributed by atoms with Gasteiger partial charge in [0.25, 0.3) is 5.91 Å². The quantitative estimate of drug-likeness (QED) is 0.774. The summed E-state index contributed by atoms with van der Waals surface area (Å²) in [5.41, 5.74) is 1.89. The van der Waals surface area contributed by atoms with Gasteiger partial charge in [0.15, 0.2) is 0 Å². The molecule has 0 unspecified atom stereocenters. The van der Waals surface area contributed by atoms with Gasteiger partial charge < -0.3 is 20.4 Å². The van der Waals surface area contributed by atoms with Crippen molar-refractivity contribution in [2.45, 2.75) is 25.8 Å². The summed E-state index contributed by atoms with van der Waals surface area (Å²) in [5.74, 6) is -0.732. The van der Waals surface area contributed by atoms with E-state index < -0.39 is 0 Å². The Morgan fingerprint density at radius 1 is 1.03 bits per heavy atom.